The number of hydrogen-bond acceptors (Lipinski definition) is 8. The third-order valence-electron chi connectivity index (χ3n) is 2.26. The third-order valence-corrected chi connectivity index (χ3v) is 3.99. The Morgan fingerprint density at radius 1 is 1.58 bits per heavy atom. The summed E-state index contributed by atoms with van der Waals surface area (Å²) in [6.45, 7) is 3.67. The van der Waals surface area contributed by atoms with E-state index < -0.39 is 0 Å². The summed E-state index contributed by atoms with van der Waals surface area (Å²) in [5.41, 5.74) is 0.906. The Kier molecular flexibility index (Phi) is 4.54. The van der Waals surface area contributed by atoms with Crippen molar-refractivity contribution in [3.05, 3.63) is 22.0 Å². The van der Waals surface area contributed by atoms with Gasteiger partial charge in [-0.15, -0.1) is 21.5 Å². The second kappa shape index (κ2) is 6.16. The van der Waals surface area contributed by atoms with E-state index in [1.54, 1.807) is 18.3 Å². The third kappa shape index (κ3) is 3.77. The van der Waals surface area contributed by atoms with Crippen LogP contribution in [0.3, 0.4) is 0 Å². The predicted octanol–water partition coefficient (Wildman–Crippen LogP) is 2.08. The number of thiazole rings is 1. The van der Waals surface area contributed by atoms with Crippen molar-refractivity contribution in [1.82, 2.24) is 15.2 Å². The SMILES string of the molecule is COC(=O)C(C)Sc1nnc(Cc2csc(C)n2)o1. The highest BCUT2D eigenvalue weighted by molar-refractivity contribution is 8.00. The molecule has 19 heavy (non-hydrogen) atoms. The molecule has 0 aliphatic rings. The maximum atomic E-state index is 11.3. The zero-order chi connectivity index (χ0) is 13.8. The van der Waals surface area contributed by atoms with Crippen molar-refractivity contribution >= 4 is 29.1 Å². The van der Waals surface area contributed by atoms with Crippen LogP contribution in [0.5, 0.6) is 0 Å². The van der Waals surface area contributed by atoms with E-state index in [1.807, 2.05) is 12.3 Å². The van der Waals surface area contributed by atoms with Gasteiger partial charge < -0.3 is 9.15 Å². The van der Waals surface area contributed by atoms with Gasteiger partial charge in [-0.2, -0.15) is 0 Å². The molecule has 0 fully saturated rings. The highest BCUT2D eigenvalue weighted by Crippen LogP contribution is 2.23. The maximum Gasteiger partial charge on any atom is 0.319 e. The number of carbonyl (C=O) groups excluding carboxylic acids is 1. The van der Waals surface area contributed by atoms with Crippen LogP contribution in [0.4, 0.5) is 0 Å². The van der Waals surface area contributed by atoms with Gasteiger partial charge in [-0.3, -0.25) is 4.79 Å². The smallest absolute Gasteiger partial charge is 0.319 e. The number of rotatable bonds is 5. The van der Waals surface area contributed by atoms with Gasteiger partial charge in [0.2, 0.25) is 5.89 Å². The molecule has 0 spiro atoms. The summed E-state index contributed by atoms with van der Waals surface area (Å²) in [5.74, 6) is 0.171. The van der Waals surface area contributed by atoms with Crippen LogP contribution in [0, 0.1) is 6.92 Å². The highest BCUT2D eigenvalue weighted by atomic mass is 32.2. The number of aromatic nitrogens is 3. The molecule has 0 aliphatic carbocycles. The molecule has 6 nitrogen and oxygen atoms in total. The second-order valence-electron chi connectivity index (χ2n) is 3.78. The van der Waals surface area contributed by atoms with Crippen molar-refractivity contribution in [3.8, 4) is 0 Å². The maximum absolute atomic E-state index is 11.3. The summed E-state index contributed by atoms with van der Waals surface area (Å²) in [7, 11) is 1.35. The molecule has 2 aromatic rings. The summed E-state index contributed by atoms with van der Waals surface area (Å²) in [6.07, 6.45) is 0.504. The van der Waals surface area contributed by atoms with E-state index in [0.29, 0.717) is 17.5 Å². The lowest BCUT2D eigenvalue weighted by Crippen LogP contribution is -2.14. The van der Waals surface area contributed by atoms with Crippen molar-refractivity contribution in [2.75, 3.05) is 7.11 Å². The van der Waals surface area contributed by atoms with Crippen LogP contribution in [-0.4, -0.2) is 33.5 Å². The number of methoxy groups -OCH3 is 1. The number of thioether (sulfide) groups is 1. The molecule has 0 saturated heterocycles. The van der Waals surface area contributed by atoms with E-state index >= 15 is 0 Å². The molecule has 0 aromatic carbocycles. The fraction of sp³-hybridized carbons (Fsp3) is 0.455. The van der Waals surface area contributed by atoms with Gasteiger partial charge in [-0.1, -0.05) is 11.8 Å². The molecule has 102 valence electrons. The van der Waals surface area contributed by atoms with Crippen LogP contribution in [-0.2, 0) is 16.0 Å². The highest BCUT2D eigenvalue weighted by Gasteiger charge is 2.18. The Bertz CT molecular complexity index is 567. The molecule has 2 heterocycles. The number of ether oxygens (including phenoxy) is 1. The van der Waals surface area contributed by atoms with Crippen LogP contribution in [0.1, 0.15) is 23.5 Å². The molecule has 0 amide bonds. The van der Waals surface area contributed by atoms with E-state index in [1.165, 1.54) is 18.9 Å². The predicted molar refractivity (Wildman–Crippen MR) is 71.3 cm³/mol. The minimum atomic E-state index is -0.375. The molecule has 0 N–H and O–H groups in total. The molecule has 1 atom stereocenters. The van der Waals surface area contributed by atoms with Gasteiger partial charge in [0.1, 0.15) is 5.25 Å². The first-order chi connectivity index (χ1) is 9.08. The minimum absolute atomic E-state index is 0.320. The summed E-state index contributed by atoms with van der Waals surface area (Å²) in [6, 6.07) is 0. The average Bonchev–Trinajstić information content (AvgIpc) is 2.98. The minimum Gasteiger partial charge on any atom is -0.468 e. The first-order valence-electron chi connectivity index (χ1n) is 5.56. The Morgan fingerprint density at radius 3 is 3.00 bits per heavy atom. The fourth-order valence-corrected chi connectivity index (χ4v) is 2.71. The van der Waals surface area contributed by atoms with Gasteiger partial charge >= 0.3 is 5.97 Å². The van der Waals surface area contributed by atoms with E-state index in [0.717, 1.165) is 10.7 Å². The zero-order valence-electron chi connectivity index (χ0n) is 10.7. The summed E-state index contributed by atoms with van der Waals surface area (Å²) in [5, 5.41) is 10.8. The van der Waals surface area contributed by atoms with Crippen LogP contribution in [0.2, 0.25) is 0 Å². The lowest BCUT2D eigenvalue weighted by atomic mass is 10.3. The zero-order valence-corrected chi connectivity index (χ0v) is 12.4. The van der Waals surface area contributed by atoms with Crippen LogP contribution >= 0.6 is 23.1 Å². The van der Waals surface area contributed by atoms with Gasteiger partial charge in [0.15, 0.2) is 0 Å². The molecule has 8 heteroatoms. The van der Waals surface area contributed by atoms with Crippen molar-refractivity contribution < 1.29 is 13.9 Å². The largest absolute Gasteiger partial charge is 0.468 e. The number of carbonyl (C=O) groups is 1. The van der Waals surface area contributed by atoms with E-state index in [2.05, 4.69) is 19.9 Å². The summed E-state index contributed by atoms with van der Waals surface area (Å²) >= 11 is 2.76. The Labute approximate surface area is 118 Å². The molecular weight excluding hydrogens is 286 g/mol. The average molecular weight is 299 g/mol. The molecule has 2 rings (SSSR count). The van der Waals surface area contributed by atoms with Gasteiger partial charge in [-0.05, 0) is 13.8 Å². The second-order valence-corrected chi connectivity index (χ2v) is 6.13. The first-order valence-corrected chi connectivity index (χ1v) is 7.32. The van der Waals surface area contributed by atoms with Gasteiger partial charge in [0.05, 0.1) is 24.2 Å². The molecular formula is C11H13N3O3S2. The van der Waals surface area contributed by atoms with Gasteiger partial charge in [0.25, 0.3) is 5.22 Å². The van der Waals surface area contributed by atoms with Crippen molar-refractivity contribution in [2.45, 2.75) is 30.7 Å². The molecule has 0 saturated carbocycles. The van der Waals surface area contributed by atoms with E-state index in [9.17, 15) is 4.79 Å². The molecule has 0 bridgehead atoms. The fourth-order valence-electron chi connectivity index (χ4n) is 1.37. The lowest BCUT2D eigenvalue weighted by molar-refractivity contribution is -0.139. The monoisotopic (exact) mass is 299 g/mol. The number of nitrogens with zero attached hydrogens (tertiary/aromatic N) is 3. The van der Waals surface area contributed by atoms with Gasteiger partial charge in [0, 0.05) is 5.38 Å². The Hall–Kier alpha value is -1.41. The lowest BCUT2D eigenvalue weighted by Gasteiger charge is -2.04. The topological polar surface area (TPSA) is 78.1 Å². The van der Waals surface area contributed by atoms with Gasteiger partial charge in [-0.25, -0.2) is 4.98 Å². The molecule has 0 aliphatic heterocycles. The summed E-state index contributed by atoms with van der Waals surface area (Å²) in [4.78, 5) is 15.6. The normalized spacial score (nSPS) is 12.4. The quantitative estimate of drug-likeness (QED) is 0.617. The van der Waals surface area contributed by atoms with Crippen LogP contribution in [0.15, 0.2) is 15.0 Å². The van der Waals surface area contributed by atoms with Crippen LogP contribution < -0.4 is 0 Å². The summed E-state index contributed by atoms with van der Waals surface area (Å²) < 4.78 is 10.1. The molecule has 0 radical (unpaired) electrons. The standard InChI is InChI=1S/C11H13N3O3S2/c1-6(10(15)16-3)19-11-14-13-9(17-11)4-8-5-18-7(2)12-8/h5-6H,4H2,1-3H3. The molecule has 2 aromatic heterocycles. The first kappa shape index (κ1) is 14.0. The van der Waals surface area contributed by atoms with E-state index in [-0.39, 0.29) is 11.2 Å². The number of hydrogen-bond donors (Lipinski definition) is 0. The molecule has 1 unspecified atom stereocenters. The van der Waals surface area contributed by atoms with E-state index in [4.69, 9.17) is 4.42 Å². The van der Waals surface area contributed by atoms with Crippen LogP contribution in [0.25, 0.3) is 0 Å². The number of aryl methyl sites for hydroxylation is 1. The van der Waals surface area contributed by atoms with Crippen molar-refractivity contribution in [1.29, 1.82) is 0 Å². The van der Waals surface area contributed by atoms with Crippen molar-refractivity contribution in [2.24, 2.45) is 0 Å². The van der Waals surface area contributed by atoms with Crippen molar-refractivity contribution in [3.63, 3.8) is 0 Å². The number of esters is 1. The Balaban J connectivity index is 1.97. The Morgan fingerprint density at radius 2 is 2.37 bits per heavy atom.